The van der Waals surface area contributed by atoms with Crippen LogP contribution in [-0.4, -0.2) is 91.7 Å². The molecule has 0 spiro atoms. The maximum Gasteiger partial charge on any atom is 0.269 e. The van der Waals surface area contributed by atoms with Gasteiger partial charge < -0.3 is 36.8 Å². The van der Waals surface area contributed by atoms with Crippen molar-refractivity contribution >= 4 is 35.2 Å². The molecule has 0 bridgehead atoms. The molecule has 10 nitrogen and oxygen atoms in total. The zero-order valence-electron chi connectivity index (χ0n) is 23.0. The van der Waals surface area contributed by atoms with Gasteiger partial charge in [0.05, 0.1) is 0 Å². The summed E-state index contributed by atoms with van der Waals surface area (Å²) in [4.78, 5) is 42.5. The van der Waals surface area contributed by atoms with Gasteiger partial charge in [-0.3, -0.25) is 14.4 Å². The zero-order chi connectivity index (χ0) is 27.6. The summed E-state index contributed by atoms with van der Waals surface area (Å²) < 4.78 is 0. The van der Waals surface area contributed by atoms with Gasteiger partial charge in [0.1, 0.15) is 16.0 Å². The van der Waals surface area contributed by atoms with E-state index in [1.807, 2.05) is 19.1 Å². The average molecular weight is 558 g/mol. The van der Waals surface area contributed by atoms with Crippen LogP contribution in [0.2, 0.25) is 0 Å². The van der Waals surface area contributed by atoms with Gasteiger partial charge in [-0.25, -0.2) is 0 Å². The Morgan fingerprint density at radius 1 is 1.13 bits per heavy atom. The zero-order valence-corrected chi connectivity index (χ0v) is 23.8. The largest absolute Gasteiger partial charge is 0.392 e. The number of nitrogens with one attached hydrogen (secondary N) is 4. The molecule has 3 heterocycles. The molecular weight excluding hydrogens is 514 g/mol. The molecule has 0 aliphatic carbocycles. The van der Waals surface area contributed by atoms with Gasteiger partial charge in [0.15, 0.2) is 0 Å². The third kappa shape index (κ3) is 8.12. The van der Waals surface area contributed by atoms with E-state index in [4.69, 9.17) is 5.73 Å². The Balaban J connectivity index is 1.27. The molecule has 1 atom stereocenters. The summed E-state index contributed by atoms with van der Waals surface area (Å²) in [7, 11) is 0. The van der Waals surface area contributed by atoms with Crippen molar-refractivity contribution in [1.29, 1.82) is 0 Å². The summed E-state index contributed by atoms with van der Waals surface area (Å²) in [5.74, 6) is -0.0593. The predicted octanol–water partition coefficient (Wildman–Crippen LogP) is 1.52. The Morgan fingerprint density at radius 2 is 1.90 bits per heavy atom. The summed E-state index contributed by atoms with van der Waals surface area (Å²) in [5, 5.41) is 12.7. The standard InChI is InChI=1S/C28H43N7O3S/c1-2-35-27(38)23(39-28(35)24(29)26(37)33-18-20-9-12-30-13-10-20)19-32-22-8-5-7-21(17-22)25(36)31-11-6-16-34-14-3-4-15-34/h5,7-8,17,20,23,30,32H,2-4,6,9-16,18-19,29H2,1H3,(H,31,36)(H,33,37)/b28-24+/t23-/m1/s1. The number of hydrogen-bond acceptors (Lipinski definition) is 8. The van der Waals surface area contributed by atoms with E-state index in [2.05, 4.69) is 26.2 Å². The number of thioether (sulfide) groups is 1. The van der Waals surface area contributed by atoms with Crippen molar-refractivity contribution in [1.82, 2.24) is 25.8 Å². The Morgan fingerprint density at radius 3 is 2.64 bits per heavy atom. The van der Waals surface area contributed by atoms with Gasteiger partial charge in [0.2, 0.25) is 5.91 Å². The van der Waals surface area contributed by atoms with Crippen LogP contribution in [0.4, 0.5) is 5.69 Å². The van der Waals surface area contributed by atoms with Crippen LogP contribution in [0.25, 0.3) is 0 Å². The lowest BCUT2D eigenvalue weighted by molar-refractivity contribution is -0.127. The number of hydrogen-bond donors (Lipinski definition) is 5. The van der Waals surface area contributed by atoms with Gasteiger partial charge in [-0.2, -0.15) is 0 Å². The highest BCUT2D eigenvalue weighted by molar-refractivity contribution is 8.04. The molecule has 3 saturated heterocycles. The van der Waals surface area contributed by atoms with Crippen LogP contribution in [0.5, 0.6) is 0 Å². The van der Waals surface area contributed by atoms with E-state index in [-0.39, 0.29) is 23.4 Å². The SMILES string of the molecule is CCN1C(=O)[C@@H](CNc2cccc(C(=O)NCCCN3CCCC3)c2)S/C1=C(/N)C(=O)NCC1CCNCC1. The minimum atomic E-state index is -0.418. The van der Waals surface area contributed by atoms with E-state index in [9.17, 15) is 14.4 Å². The summed E-state index contributed by atoms with van der Waals surface area (Å²) in [6.45, 7) is 9.18. The molecule has 3 aliphatic heterocycles. The number of likely N-dealkylation sites (tertiary alicyclic amines) is 1. The molecule has 0 saturated carbocycles. The quantitative estimate of drug-likeness (QED) is 0.193. The van der Waals surface area contributed by atoms with Gasteiger partial charge in [-0.05, 0) is 95.9 Å². The minimum Gasteiger partial charge on any atom is -0.392 e. The summed E-state index contributed by atoms with van der Waals surface area (Å²) in [6, 6.07) is 7.31. The lowest BCUT2D eigenvalue weighted by Gasteiger charge is -2.23. The van der Waals surface area contributed by atoms with Crippen molar-refractivity contribution in [3.05, 3.63) is 40.6 Å². The van der Waals surface area contributed by atoms with E-state index in [1.165, 1.54) is 24.6 Å². The molecule has 1 aromatic rings. The van der Waals surface area contributed by atoms with Crippen molar-refractivity contribution in [2.24, 2.45) is 11.7 Å². The van der Waals surface area contributed by atoms with Crippen LogP contribution in [0, 0.1) is 5.92 Å². The molecular formula is C28H43N7O3S. The van der Waals surface area contributed by atoms with Gasteiger partial charge in [0.25, 0.3) is 11.8 Å². The molecule has 0 aromatic heterocycles. The smallest absolute Gasteiger partial charge is 0.269 e. The molecule has 3 amide bonds. The Hall–Kier alpha value is -2.76. The van der Waals surface area contributed by atoms with Crippen molar-refractivity contribution in [2.75, 3.05) is 64.2 Å². The van der Waals surface area contributed by atoms with Crippen molar-refractivity contribution in [3.8, 4) is 0 Å². The number of nitrogens with zero attached hydrogens (tertiary/aromatic N) is 2. The first-order chi connectivity index (χ1) is 19.0. The number of carbonyl (C=O) groups is 3. The Kier molecular flexibility index (Phi) is 10.9. The molecule has 3 aliphatic rings. The third-order valence-electron chi connectivity index (χ3n) is 7.59. The number of benzene rings is 1. The highest BCUT2D eigenvalue weighted by atomic mass is 32.2. The van der Waals surface area contributed by atoms with Crippen LogP contribution < -0.4 is 27.0 Å². The first-order valence-corrected chi connectivity index (χ1v) is 15.2. The number of anilines is 1. The van der Waals surface area contributed by atoms with Crippen molar-refractivity contribution < 1.29 is 14.4 Å². The van der Waals surface area contributed by atoms with Gasteiger partial charge in [0, 0.05) is 37.4 Å². The number of amides is 3. The highest BCUT2D eigenvalue weighted by Crippen LogP contribution is 2.36. The molecule has 39 heavy (non-hydrogen) atoms. The monoisotopic (exact) mass is 557 g/mol. The lowest BCUT2D eigenvalue weighted by Crippen LogP contribution is -2.39. The van der Waals surface area contributed by atoms with Crippen LogP contribution in [0.1, 0.15) is 49.4 Å². The molecule has 214 valence electrons. The second kappa shape index (κ2) is 14.6. The van der Waals surface area contributed by atoms with Gasteiger partial charge in [-0.15, -0.1) is 0 Å². The fraction of sp³-hybridized carbons (Fsp3) is 0.607. The fourth-order valence-corrected chi connectivity index (χ4v) is 6.50. The summed E-state index contributed by atoms with van der Waals surface area (Å²) in [6.07, 6.45) is 5.54. The van der Waals surface area contributed by atoms with Crippen molar-refractivity contribution in [3.63, 3.8) is 0 Å². The molecule has 3 fully saturated rings. The molecule has 0 unspecified atom stereocenters. The average Bonchev–Trinajstić information content (AvgIpc) is 3.60. The summed E-state index contributed by atoms with van der Waals surface area (Å²) in [5.41, 5.74) is 7.69. The Labute approximate surface area is 235 Å². The van der Waals surface area contributed by atoms with E-state index < -0.39 is 5.25 Å². The van der Waals surface area contributed by atoms with E-state index in [0.29, 0.717) is 42.7 Å². The first kappa shape index (κ1) is 29.2. The van der Waals surface area contributed by atoms with E-state index in [0.717, 1.165) is 57.7 Å². The second-order valence-corrected chi connectivity index (χ2v) is 11.6. The highest BCUT2D eigenvalue weighted by Gasteiger charge is 2.38. The minimum absolute atomic E-state index is 0.0778. The second-order valence-electron chi connectivity index (χ2n) is 10.4. The lowest BCUT2D eigenvalue weighted by atomic mass is 9.98. The van der Waals surface area contributed by atoms with Gasteiger partial charge >= 0.3 is 0 Å². The maximum absolute atomic E-state index is 13.1. The molecule has 0 radical (unpaired) electrons. The van der Waals surface area contributed by atoms with Crippen molar-refractivity contribution in [2.45, 2.75) is 44.3 Å². The normalized spacial score (nSPS) is 21.7. The fourth-order valence-electron chi connectivity index (χ4n) is 5.27. The molecule has 1 aromatic carbocycles. The molecule has 4 rings (SSSR count). The maximum atomic E-state index is 13.1. The van der Waals surface area contributed by atoms with E-state index >= 15 is 0 Å². The number of piperidine rings is 1. The van der Waals surface area contributed by atoms with Crippen LogP contribution in [-0.2, 0) is 9.59 Å². The Bertz CT molecular complexity index is 1040. The summed E-state index contributed by atoms with van der Waals surface area (Å²) >= 11 is 1.32. The molecule has 11 heteroatoms. The topological polar surface area (TPSA) is 132 Å². The number of rotatable bonds is 12. The predicted molar refractivity (Wildman–Crippen MR) is 156 cm³/mol. The first-order valence-electron chi connectivity index (χ1n) is 14.3. The van der Waals surface area contributed by atoms with Crippen LogP contribution in [0.3, 0.4) is 0 Å². The third-order valence-corrected chi connectivity index (χ3v) is 8.91. The number of carbonyl (C=O) groups excluding carboxylic acids is 3. The van der Waals surface area contributed by atoms with E-state index in [1.54, 1.807) is 17.0 Å². The van der Waals surface area contributed by atoms with Crippen LogP contribution in [0.15, 0.2) is 35.0 Å². The molecule has 6 N–H and O–H groups in total. The van der Waals surface area contributed by atoms with Gasteiger partial charge in [-0.1, -0.05) is 17.8 Å². The van der Waals surface area contributed by atoms with Crippen LogP contribution >= 0.6 is 11.8 Å². The number of nitrogens with two attached hydrogens (primary N) is 1.